The number of para-hydroxylation sites is 1. The lowest BCUT2D eigenvalue weighted by molar-refractivity contribution is -0.138. The van der Waals surface area contributed by atoms with Gasteiger partial charge in [-0.2, -0.15) is 0 Å². The van der Waals surface area contributed by atoms with Gasteiger partial charge in [-0.1, -0.05) is 43.9 Å². The van der Waals surface area contributed by atoms with Crippen molar-refractivity contribution in [3.8, 4) is 5.75 Å². The number of Topliss-reactive ketones (excluding diaryl/α,β-unsaturated/α-hetero) is 2. The van der Waals surface area contributed by atoms with Crippen LogP contribution in [0.2, 0.25) is 0 Å². The van der Waals surface area contributed by atoms with E-state index in [1.165, 1.54) is 0 Å². The van der Waals surface area contributed by atoms with E-state index in [-0.39, 0.29) is 23.2 Å². The molecule has 0 radical (unpaired) electrons. The van der Waals surface area contributed by atoms with Crippen molar-refractivity contribution >= 4 is 11.6 Å². The van der Waals surface area contributed by atoms with Crippen molar-refractivity contribution in [2.75, 3.05) is 0 Å². The fraction of sp³-hybridized carbons (Fsp3) is 0.333. The van der Waals surface area contributed by atoms with Gasteiger partial charge in [-0.15, -0.1) is 0 Å². The summed E-state index contributed by atoms with van der Waals surface area (Å²) in [7, 11) is 0. The minimum Gasteiger partial charge on any atom is -0.508 e. The molecule has 0 bridgehead atoms. The maximum absolute atomic E-state index is 13.2. The van der Waals surface area contributed by atoms with Crippen LogP contribution in [0.5, 0.6) is 5.75 Å². The molecule has 0 unspecified atom stereocenters. The average Bonchev–Trinajstić information content (AvgIpc) is 2.58. The highest BCUT2D eigenvalue weighted by molar-refractivity contribution is 6.15. The van der Waals surface area contributed by atoms with E-state index in [4.69, 9.17) is 0 Å². The largest absolute Gasteiger partial charge is 0.508 e. The normalized spacial score (nSPS) is 30.0. The Morgan fingerprint density at radius 3 is 2.50 bits per heavy atom. The summed E-state index contributed by atoms with van der Waals surface area (Å²) in [5.74, 6) is -0.613. The number of phenols is 1. The minimum atomic E-state index is -0.905. The molecule has 3 nitrogen and oxygen atoms in total. The van der Waals surface area contributed by atoms with E-state index in [2.05, 4.69) is 6.58 Å². The highest BCUT2D eigenvalue weighted by Crippen LogP contribution is 2.56. The summed E-state index contributed by atoms with van der Waals surface area (Å²) in [6, 6.07) is 7.03. The Labute approximate surface area is 142 Å². The topological polar surface area (TPSA) is 54.4 Å². The highest BCUT2D eigenvalue weighted by atomic mass is 16.3. The molecule has 0 spiro atoms. The second-order valence-corrected chi connectivity index (χ2v) is 6.91. The number of hydrogen-bond acceptors (Lipinski definition) is 3. The predicted octanol–water partition coefficient (Wildman–Crippen LogP) is 4.10. The van der Waals surface area contributed by atoms with Gasteiger partial charge in [-0.25, -0.2) is 0 Å². The van der Waals surface area contributed by atoms with Crippen LogP contribution in [-0.4, -0.2) is 16.7 Å². The van der Waals surface area contributed by atoms with Crippen LogP contribution < -0.4 is 0 Å². The molecule has 24 heavy (non-hydrogen) atoms. The zero-order valence-corrected chi connectivity index (χ0v) is 14.3. The molecule has 0 saturated heterocycles. The Hall–Kier alpha value is -2.42. The molecule has 3 atom stereocenters. The fourth-order valence-electron chi connectivity index (χ4n) is 4.29. The molecule has 0 amide bonds. The summed E-state index contributed by atoms with van der Waals surface area (Å²) in [6.07, 6.45) is 4.24. The van der Waals surface area contributed by atoms with E-state index in [9.17, 15) is 14.7 Å². The molecule has 0 saturated carbocycles. The summed E-state index contributed by atoms with van der Waals surface area (Å²) in [4.78, 5) is 26.1. The third-order valence-electron chi connectivity index (χ3n) is 5.81. The molecule has 3 rings (SSSR count). The standard InChI is InChI=1S/C21H22O3/c1-5-14-10-11-16-19(23)12(2)13(3)20(24)21(16,4)18(14)15-8-6-7-9-17(15)22/h5-10,16,18,22H,1,11H2,2-4H3/t16-,18+,21+/m0/s1. The second-order valence-electron chi connectivity index (χ2n) is 6.91. The van der Waals surface area contributed by atoms with Gasteiger partial charge < -0.3 is 5.11 Å². The van der Waals surface area contributed by atoms with Crippen LogP contribution in [0.15, 0.2) is 59.7 Å². The van der Waals surface area contributed by atoms with E-state index >= 15 is 0 Å². The van der Waals surface area contributed by atoms with Crippen LogP contribution in [0.1, 0.15) is 38.7 Å². The predicted molar refractivity (Wildman–Crippen MR) is 93.7 cm³/mol. The van der Waals surface area contributed by atoms with Gasteiger partial charge in [-0.05, 0) is 43.1 Å². The quantitative estimate of drug-likeness (QED) is 0.892. The molecule has 1 aromatic carbocycles. The number of hydrogen-bond donors (Lipinski definition) is 1. The van der Waals surface area contributed by atoms with Crippen molar-refractivity contribution in [3.05, 3.63) is 65.3 Å². The monoisotopic (exact) mass is 322 g/mol. The first-order chi connectivity index (χ1) is 11.3. The minimum absolute atomic E-state index is 0.00898. The van der Waals surface area contributed by atoms with Crippen LogP contribution in [-0.2, 0) is 9.59 Å². The van der Waals surface area contributed by atoms with E-state index in [1.54, 1.807) is 32.1 Å². The van der Waals surface area contributed by atoms with E-state index in [0.717, 1.165) is 5.57 Å². The van der Waals surface area contributed by atoms with Gasteiger partial charge in [0.25, 0.3) is 0 Å². The Balaban J connectivity index is 2.29. The van der Waals surface area contributed by atoms with Crippen LogP contribution in [0.25, 0.3) is 0 Å². The number of phenolic OH excluding ortho intramolecular Hbond substituents is 1. The van der Waals surface area contributed by atoms with Gasteiger partial charge in [0.1, 0.15) is 5.75 Å². The molecule has 124 valence electrons. The average molecular weight is 322 g/mol. The summed E-state index contributed by atoms with van der Waals surface area (Å²) < 4.78 is 0. The lowest BCUT2D eigenvalue weighted by atomic mass is 9.52. The van der Waals surface area contributed by atoms with Crippen molar-refractivity contribution < 1.29 is 14.7 Å². The molecule has 0 aliphatic heterocycles. The molecule has 1 N–H and O–H groups in total. The van der Waals surface area contributed by atoms with Crippen LogP contribution in [0, 0.1) is 11.3 Å². The number of rotatable bonds is 2. The smallest absolute Gasteiger partial charge is 0.166 e. The number of benzene rings is 1. The number of carbonyl (C=O) groups excluding carboxylic acids is 2. The summed E-state index contributed by atoms with van der Waals surface area (Å²) in [5.41, 5.74) is 1.75. The van der Waals surface area contributed by atoms with Crippen molar-refractivity contribution in [3.63, 3.8) is 0 Å². The van der Waals surface area contributed by atoms with E-state index in [0.29, 0.717) is 23.1 Å². The van der Waals surface area contributed by atoms with Crippen LogP contribution >= 0.6 is 0 Å². The zero-order valence-electron chi connectivity index (χ0n) is 14.3. The van der Waals surface area contributed by atoms with Gasteiger partial charge in [0.05, 0.1) is 5.41 Å². The first kappa shape index (κ1) is 16.4. The zero-order chi connectivity index (χ0) is 17.6. The third-order valence-corrected chi connectivity index (χ3v) is 5.81. The van der Waals surface area contributed by atoms with Gasteiger partial charge >= 0.3 is 0 Å². The van der Waals surface area contributed by atoms with Gasteiger partial charge in [0.2, 0.25) is 0 Å². The number of allylic oxidation sites excluding steroid dienone is 5. The molecule has 2 aliphatic carbocycles. The van der Waals surface area contributed by atoms with E-state index < -0.39 is 11.3 Å². The molecule has 1 aromatic rings. The maximum atomic E-state index is 13.2. The number of ketones is 2. The summed E-state index contributed by atoms with van der Waals surface area (Å²) >= 11 is 0. The van der Waals surface area contributed by atoms with Gasteiger partial charge in [-0.3, -0.25) is 9.59 Å². The summed E-state index contributed by atoms with van der Waals surface area (Å²) in [6.45, 7) is 9.20. The lowest BCUT2D eigenvalue weighted by Gasteiger charge is -2.48. The molecule has 0 fully saturated rings. The molecule has 0 aromatic heterocycles. The Bertz CT molecular complexity index is 812. The maximum Gasteiger partial charge on any atom is 0.166 e. The van der Waals surface area contributed by atoms with Gasteiger partial charge in [0.15, 0.2) is 11.6 Å². The molecular weight excluding hydrogens is 300 g/mol. The van der Waals surface area contributed by atoms with Crippen LogP contribution in [0.4, 0.5) is 0 Å². The van der Waals surface area contributed by atoms with Crippen molar-refractivity contribution in [2.24, 2.45) is 11.3 Å². The highest BCUT2D eigenvalue weighted by Gasteiger charge is 2.56. The third kappa shape index (κ3) is 2.04. The second kappa shape index (κ2) is 5.59. The number of carbonyl (C=O) groups is 2. The Kier molecular flexibility index (Phi) is 3.83. The lowest BCUT2D eigenvalue weighted by Crippen LogP contribution is -2.50. The Morgan fingerprint density at radius 2 is 1.88 bits per heavy atom. The first-order valence-corrected chi connectivity index (χ1v) is 8.20. The fourth-order valence-corrected chi connectivity index (χ4v) is 4.29. The molecular formula is C21H22O3. The molecule has 2 aliphatic rings. The van der Waals surface area contributed by atoms with Gasteiger partial charge in [0, 0.05) is 17.4 Å². The molecule has 0 heterocycles. The van der Waals surface area contributed by atoms with Crippen molar-refractivity contribution in [1.29, 1.82) is 0 Å². The summed E-state index contributed by atoms with van der Waals surface area (Å²) in [5, 5.41) is 10.4. The molecule has 3 heteroatoms. The first-order valence-electron chi connectivity index (χ1n) is 8.20. The van der Waals surface area contributed by atoms with Crippen molar-refractivity contribution in [1.82, 2.24) is 0 Å². The number of fused-ring (bicyclic) bond motifs is 1. The SMILES string of the molecule is C=CC1=CC[C@H]2C(=O)C(C)=C(C)C(=O)[C@@]2(C)[C@H]1c1ccccc1O. The van der Waals surface area contributed by atoms with Crippen molar-refractivity contribution in [2.45, 2.75) is 33.1 Å². The number of aromatic hydroxyl groups is 1. The van der Waals surface area contributed by atoms with Crippen LogP contribution in [0.3, 0.4) is 0 Å². The van der Waals surface area contributed by atoms with E-state index in [1.807, 2.05) is 25.1 Å². The Morgan fingerprint density at radius 1 is 1.21 bits per heavy atom.